The Bertz CT molecular complexity index is 701. The number of benzene rings is 2. The molecular weight excluding hydrogens is 276 g/mol. The summed E-state index contributed by atoms with van der Waals surface area (Å²) in [7, 11) is 0. The first-order valence-corrected chi connectivity index (χ1v) is 7.62. The van der Waals surface area contributed by atoms with E-state index in [-0.39, 0.29) is 5.92 Å². The maximum absolute atomic E-state index is 12.0. The zero-order chi connectivity index (χ0) is 15.5. The van der Waals surface area contributed by atoms with Gasteiger partial charge in [-0.1, -0.05) is 48.9 Å². The summed E-state index contributed by atoms with van der Waals surface area (Å²) in [5.41, 5.74) is 2.91. The molecule has 1 aliphatic carbocycles. The van der Waals surface area contributed by atoms with Gasteiger partial charge in [0, 0.05) is 12.3 Å². The van der Waals surface area contributed by atoms with Gasteiger partial charge in [0.2, 0.25) is 0 Å². The molecule has 1 fully saturated rings. The standard InChI is InChI=1S/C19H18O3/c20-18-8-4-3-6-16(18)14-11-9-13(10-12-14)15-5-1-2-7-17(15)19(21)22/h1-2,5,7,9-12,16H,3-4,6,8H2,(H,21,22). The average molecular weight is 294 g/mol. The number of carboxylic acids is 1. The van der Waals surface area contributed by atoms with E-state index in [4.69, 9.17) is 0 Å². The van der Waals surface area contributed by atoms with Crippen molar-refractivity contribution in [3.63, 3.8) is 0 Å². The highest BCUT2D eigenvalue weighted by Crippen LogP contribution is 2.32. The number of rotatable bonds is 3. The van der Waals surface area contributed by atoms with Crippen molar-refractivity contribution in [1.82, 2.24) is 0 Å². The number of Topliss-reactive ketones (excluding diaryl/α,β-unsaturated/α-hetero) is 1. The molecule has 112 valence electrons. The lowest BCUT2D eigenvalue weighted by molar-refractivity contribution is -0.121. The molecule has 0 saturated heterocycles. The van der Waals surface area contributed by atoms with Crippen LogP contribution in [0.15, 0.2) is 48.5 Å². The van der Waals surface area contributed by atoms with Gasteiger partial charge in [-0.3, -0.25) is 4.79 Å². The van der Waals surface area contributed by atoms with E-state index < -0.39 is 5.97 Å². The molecule has 0 heterocycles. The van der Waals surface area contributed by atoms with Crippen molar-refractivity contribution in [3.8, 4) is 11.1 Å². The number of carbonyl (C=O) groups is 2. The fourth-order valence-electron chi connectivity index (χ4n) is 3.15. The van der Waals surface area contributed by atoms with Gasteiger partial charge in [-0.05, 0) is 35.6 Å². The lowest BCUT2D eigenvalue weighted by atomic mass is 9.82. The van der Waals surface area contributed by atoms with Gasteiger partial charge in [-0.2, -0.15) is 0 Å². The molecule has 0 bridgehead atoms. The van der Waals surface area contributed by atoms with E-state index in [0.717, 1.165) is 30.4 Å². The smallest absolute Gasteiger partial charge is 0.336 e. The van der Waals surface area contributed by atoms with E-state index in [0.29, 0.717) is 23.3 Å². The van der Waals surface area contributed by atoms with E-state index in [2.05, 4.69) is 0 Å². The zero-order valence-electron chi connectivity index (χ0n) is 12.3. The highest BCUT2D eigenvalue weighted by Gasteiger charge is 2.23. The Morgan fingerprint density at radius 3 is 2.41 bits per heavy atom. The van der Waals surface area contributed by atoms with Gasteiger partial charge in [-0.15, -0.1) is 0 Å². The zero-order valence-corrected chi connectivity index (χ0v) is 12.3. The van der Waals surface area contributed by atoms with E-state index in [9.17, 15) is 14.7 Å². The van der Waals surface area contributed by atoms with Gasteiger partial charge in [0.05, 0.1) is 5.56 Å². The molecule has 2 aromatic carbocycles. The van der Waals surface area contributed by atoms with Crippen LogP contribution in [0.2, 0.25) is 0 Å². The van der Waals surface area contributed by atoms with Gasteiger partial charge < -0.3 is 5.11 Å². The molecule has 2 aromatic rings. The average Bonchev–Trinajstić information content (AvgIpc) is 2.55. The maximum Gasteiger partial charge on any atom is 0.336 e. The maximum atomic E-state index is 12.0. The second-order valence-corrected chi connectivity index (χ2v) is 5.74. The van der Waals surface area contributed by atoms with Crippen LogP contribution in [0.5, 0.6) is 0 Å². The Hall–Kier alpha value is -2.42. The second kappa shape index (κ2) is 6.14. The molecule has 0 aliphatic heterocycles. The predicted octanol–water partition coefficient (Wildman–Crippen LogP) is 4.28. The summed E-state index contributed by atoms with van der Waals surface area (Å²) >= 11 is 0. The molecular formula is C19H18O3. The molecule has 1 aliphatic rings. The minimum Gasteiger partial charge on any atom is -0.478 e. The molecule has 1 atom stereocenters. The van der Waals surface area contributed by atoms with Crippen molar-refractivity contribution in [2.75, 3.05) is 0 Å². The molecule has 3 heteroatoms. The van der Waals surface area contributed by atoms with Gasteiger partial charge in [-0.25, -0.2) is 4.79 Å². The fourth-order valence-corrected chi connectivity index (χ4v) is 3.15. The molecule has 0 spiro atoms. The monoisotopic (exact) mass is 294 g/mol. The van der Waals surface area contributed by atoms with Crippen molar-refractivity contribution in [2.24, 2.45) is 0 Å². The van der Waals surface area contributed by atoms with Gasteiger partial charge in [0.1, 0.15) is 5.78 Å². The molecule has 3 rings (SSSR count). The summed E-state index contributed by atoms with van der Waals surface area (Å²) < 4.78 is 0. The molecule has 0 radical (unpaired) electrons. The first kappa shape index (κ1) is 14.5. The number of aromatic carboxylic acids is 1. The van der Waals surface area contributed by atoms with Crippen LogP contribution in [0.3, 0.4) is 0 Å². The van der Waals surface area contributed by atoms with Crippen LogP contribution in [0.25, 0.3) is 11.1 Å². The lowest BCUT2D eigenvalue weighted by Gasteiger charge is -2.21. The van der Waals surface area contributed by atoms with Crippen molar-refractivity contribution in [3.05, 3.63) is 59.7 Å². The minimum absolute atomic E-state index is 0.0116. The van der Waals surface area contributed by atoms with Crippen molar-refractivity contribution in [1.29, 1.82) is 0 Å². The summed E-state index contributed by atoms with van der Waals surface area (Å²) in [5, 5.41) is 9.28. The van der Waals surface area contributed by atoms with Crippen molar-refractivity contribution >= 4 is 11.8 Å². The van der Waals surface area contributed by atoms with Gasteiger partial charge in [0.15, 0.2) is 0 Å². The normalized spacial score (nSPS) is 18.2. The second-order valence-electron chi connectivity index (χ2n) is 5.74. The summed E-state index contributed by atoms with van der Waals surface area (Å²) in [6.07, 6.45) is 3.69. The van der Waals surface area contributed by atoms with Crippen molar-refractivity contribution in [2.45, 2.75) is 31.6 Å². The molecule has 0 amide bonds. The summed E-state index contributed by atoms with van der Waals surface area (Å²) in [4.78, 5) is 23.3. The third-order valence-electron chi connectivity index (χ3n) is 4.34. The van der Waals surface area contributed by atoms with E-state index in [1.54, 1.807) is 12.1 Å². The fraction of sp³-hybridized carbons (Fsp3) is 0.263. The Morgan fingerprint density at radius 1 is 1.00 bits per heavy atom. The lowest BCUT2D eigenvalue weighted by Crippen LogP contribution is -2.16. The Balaban J connectivity index is 1.92. The number of ketones is 1. The van der Waals surface area contributed by atoms with E-state index >= 15 is 0 Å². The minimum atomic E-state index is -0.929. The van der Waals surface area contributed by atoms with Crippen LogP contribution in [0.4, 0.5) is 0 Å². The largest absolute Gasteiger partial charge is 0.478 e. The number of carbonyl (C=O) groups excluding carboxylic acids is 1. The third kappa shape index (κ3) is 2.80. The van der Waals surface area contributed by atoms with Crippen LogP contribution >= 0.6 is 0 Å². The Labute approximate surface area is 129 Å². The highest BCUT2D eigenvalue weighted by atomic mass is 16.4. The summed E-state index contributed by atoms with van der Waals surface area (Å²) in [6, 6.07) is 14.7. The first-order chi connectivity index (χ1) is 10.7. The predicted molar refractivity (Wildman–Crippen MR) is 85.1 cm³/mol. The van der Waals surface area contributed by atoms with Crippen molar-refractivity contribution < 1.29 is 14.7 Å². The molecule has 3 nitrogen and oxygen atoms in total. The van der Waals surface area contributed by atoms with Crippen LogP contribution in [-0.4, -0.2) is 16.9 Å². The summed E-state index contributed by atoms with van der Waals surface area (Å²) in [6.45, 7) is 0. The van der Waals surface area contributed by atoms with Crippen LogP contribution in [-0.2, 0) is 4.79 Å². The van der Waals surface area contributed by atoms with Crippen LogP contribution in [0, 0.1) is 0 Å². The quantitative estimate of drug-likeness (QED) is 0.919. The van der Waals surface area contributed by atoms with Crippen LogP contribution < -0.4 is 0 Å². The molecule has 1 N–H and O–H groups in total. The van der Waals surface area contributed by atoms with E-state index in [1.165, 1.54) is 0 Å². The first-order valence-electron chi connectivity index (χ1n) is 7.62. The summed E-state index contributed by atoms with van der Waals surface area (Å²) in [5.74, 6) is -0.593. The number of carboxylic acid groups (broad SMARTS) is 1. The third-order valence-corrected chi connectivity index (χ3v) is 4.34. The van der Waals surface area contributed by atoms with Gasteiger partial charge >= 0.3 is 5.97 Å². The van der Waals surface area contributed by atoms with Gasteiger partial charge in [0.25, 0.3) is 0 Å². The Kier molecular flexibility index (Phi) is 4.05. The SMILES string of the molecule is O=C(O)c1ccccc1-c1ccc(C2CCCCC2=O)cc1. The Morgan fingerprint density at radius 2 is 1.73 bits per heavy atom. The number of hydrogen-bond acceptors (Lipinski definition) is 2. The van der Waals surface area contributed by atoms with Crippen LogP contribution in [0.1, 0.15) is 47.5 Å². The highest BCUT2D eigenvalue weighted by molar-refractivity contribution is 5.96. The molecule has 1 unspecified atom stereocenters. The van der Waals surface area contributed by atoms with E-state index in [1.807, 2.05) is 36.4 Å². The molecule has 1 saturated carbocycles. The molecule has 22 heavy (non-hydrogen) atoms. The molecule has 0 aromatic heterocycles. The number of hydrogen-bond donors (Lipinski definition) is 1. The topological polar surface area (TPSA) is 54.4 Å².